The second-order valence-corrected chi connectivity index (χ2v) is 15.6. The maximum absolute atomic E-state index is 15.6. The van der Waals surface area contributed by atoms with E-state index in [2.05, 4.69) is 37.7 Å². The lowest BCUT2D eigenvalue weighted by molar-refractivity contribution is -0.139. The zero-order chi connectivity index (χ0) is 30.8. The summed E-state index contributed by atoms with van der Waals surface area (Å²) >= 11 is 0. The molecule has 5 heterocycles. The first-order chi connectivity index (χ1) is 21.1. The van der Waals surface area contributed by atoms with Crippen LogP contribution >= 0.6 is 0 Å². The van der Waals surface area contributed by atoms with Gasteiger partial charge in [-0.15, -0.1) is 0 Å². The minimum atomic E-state index is -1.16. The van der Waals surface area contributed by atoms with Gasteiger partial charge >= 0.3 is 0 Å². The van der Waals surface area contributed by atoms with E-state index in [1.54, 1.807) is 0 Å². The molecule has 0 radical (unpaired) electrons. The predicted octanol–water partition coefficient (Wildman–Crippen LogP) is 0.308. The second-order valence-electron chi connectivity index (χ2n) is 15.6. The number of nitrogens with zero attached hydrogens (tertiary/aromatic N) is 3. The summed E-state index contributed by atoms with van der Waals surface area (Å²) in [5.41, 5.74) is 12.7. The van der Waals surface area contributed by atoms with Gasteiger partial charge < -0.3 is 32.3 Å². The van der Waals surface area contributed by atoms with Gasteiger partial charge in [-0.1, -0.05) is 12.8 Å². The van der Waals surface area contributed by atoms with Gasteiger partial charge in [0.15, 0.2) is 0 Å². The second kappa shape index (κ2) is 12.0. The van der Waals surface area contributed by atoms with E-state index in [1.807, 2.05) is 0 Å². The van der Waals surface area contributed by atoms with Crippen molar-refractivity contribution < 1.29 is 18.4 Å². The normalized spacial score (nSPS) is 44.0. The number of piperidine rings is 2. The van der Waals surface area contributed by atoms with Gasteiger partial charge in [-0.25, -0.2) is 8.78 Å². The van der Waals surface area contributed by atoms with Crippen LogP contribution in [-0.2, 0) is 9.59 Å². The van der Waals surface area contributed by atoms with Crippen molar-refractivity contribution in [2.24, 2.45) is 34.1 Å². The van der Waals surface area contributed by atoms with Crippen LogP contribution in [0.2, 0.25) is 0 Å². The highest BCUT2D eigenvalue weighted by atomic mass is 19.1. The number of hydrogen-bond acceptors (Lipinski definition) is 8. The first kappa shape index (κ1) is 31.2. The molecule has 2 bridgehead atoms. The molecule has 2 amide bonds. The Morgan fingerprint density at radius 2 is 1.70 bits per heavy atom. The van der Waals surface area contributed by atoms with E-state index in [9.17, 15) is 9.59 Å². The number of amides is 2. The topological polar surface area (TPSA) is 132 Å². The van der Waals surface area contributed by atoms with Crippen LogP contribution in [0.4, 0.5) is 8.78 Å². The average molecular weight is 621 g/mol. The molecule has 7 aliphatic rings. The van der Waals surface area contributed by atoms with Gasteiger partial charge in [0.2, 0.25) is 11.8 Å². The van der Waals surface area contributed by atoms with Gasteiger partial charge in [-0.2, -0.15) is 0 Å². The van der Waals surface area contributed by atoms with E-state index in [4.69, 9.17) is 11.5 Å². The maximum atomic E-state index is 15.6. The highest BCUT2D eigenvalue weighted by Gasteiger charge is 2.68. The van der Waals surface area contributed by atoms with Crippen molar-refractivity contribution in [3.63, 3.8) is 0 Å². The molecule has 7 N–H and O–H groups in total. The molecule has 0 aromatic carbocycles. The van der Waals surface area contributed by atoms with E-state index in [0.29, 0.717) is 51.0 Å². The number of fused-ring (bicyclic) bond motifs is 2. The third-order valence-corrected chi connectivity index (χ3v) is 13.1. The number of piperazine rings is 1. The molecule has 0 spiro atoms. The number of carbonyl (C=O) groups excluding carboxylic acids is 2. The number of hydrogen-bond donors (Lipinski definition) is 5. The first-order valence-corrected chi connectivity index (χ1v) is 17.4. The summed E-state index contributed by atoms with van der Waals surface area (Å²) in [6.07, 6.45) is 6.28. The number of alkyl halides is 2. The summed E-state index contributed by atoms with van der Waals surface area (Å²) in [4.78, 5) is 34.0. The third-order valence-electron chi connectivity index (χ3n) is 13.1. The Bertz CT molecular complexity index is 1090. The summed E-state index contributed by atoms with van der Waals surface area (Å²) in [6, 6.07) is -0.470. The Morgan fingerprint density at radius 3 is 2.36 bits per heavy atom. The lowest BCUT2D eigenvalue weighted by Gasteiger charge is -2.46. The molecule has 2 saturated carbocycles. The fraction of sp³-hybridized carbons (Fsp3) is 0.938. The Hall–Kier alpha value is -1.44. The monoisotopic (exact) mass is 620 g/mol. The molecule has 10 nitrogen and oxygen atoms in total. The summed E-state index contributed by atoms with van der Waals surface area (Å²) in [5.74, 6) is -0.788. The van der Waals surface area contributed by atoms with Crippen LogP contribution in [-0.4, -0.2) is 128 Å². The van der Waals surface area contributed by atoms with Gasteiger partial charge in [-0.3, -0.25) is 19.4 Å². The SMILES string of the molecule is CN1CC2CC1CN2C(=O)C1CCN(C2C(F)CNCC2NC(=O)C(C(N)N)C2CC34CCCC[C@]3(CC(F)CN2)C4)CC1. The van der Waals surface area contributed by atoms with E-state index in [1.165, 1.54) is 0 Å². The number of halogens is 2. The quantitative estimate of drug-likeness (QED) is 0.268. The maximum Gasteiger partial charge on any atom is 0.227 e. The van der Waals surface area contributed by atoms with Crippen LogP contribution in [0.25, 0.3) is 0 Å². The highest BCUT2D eigenvalue weighted by molar-refractivity contribution is 5.81. The summed E-state index contributed by atoms with van der Waals surface area (Å²) in [6.45, 7) is 3.91. The number of carbonyl (C=O) groups is 2. The predicted molar refractivity (Wildman–Crippen MR) is 164 cm³/mol. The molecule has 5 saturated heterocycles. The fourth-order valence-electron chi connectivity index (χ4n) is 10.8. The summed E-state index contributed by atoms with van der Waals surface area (Å²) in [7, 11) is 2.14. The van der Waals surface area contributed by atoms with E-state index >= 15 is 8.78 Å². The van der Waals surface area contributed by atoms with Gasteiger partial charge in [0.1, 0.15) is 12.3 Å². The van der Waals surface area contributed by atoms with Crippen molar-refractivity contribution >= 4 is 11.8 Å². The number of rotatable bonds is 6. The molecule has 2 aliphatic carbocycles. The Kier molecular flexibility index (Phi) is 8.48. The average Bonchev–Trinajstić information content (AvgIpc) is 3.20. The van der Waals surface area contributed by atoms with Crippen LogP contribution in [0, 0.1) is 22.7 Å². The van der Waals surface area contributed by atoms with Gasteiger partial charge in [-0.05, 0) is 82.3 Å². The van der Waals surface area contributed by atoms with E-state index < -0.39 is 36.5 Å². The van der Waals surface area contributed by atoms with Crippen molar-refractivity contribution in [1.29, 1.82) is 0 Å². The highest BCUT2D eigenvalue weighted by Crippen LogP contribution is 2.76. The molecule has 248 valence electrons. The summed E-state index contributed by atoms with van der Waals surface area (Å²) in [5, 5.41) is 9.67. The standard InChI is InChI=1S/C32H54F2N8O2/c1-40-16-22-10-21(40)17-42(22)30(44)19-4-8-41(9-5-19)27-23(34)14-37-15-25(27)39-29(43)26(28(35)36)24-12-32-7-3-2-6-31(32,18-32)11-20(33)13-38-24/h19-28,37-38H,2-18,35-36H2,1H3,(H,39,43)/t20?,21?,22?,23?,24?,25?,26?,27?,31-,32?/m0/s1. The molecule has 5 aliphatic heterocycles. The molecule has 7 rings (SSSR count). The van der Waals surface area contributed by atoms with Crippen molar-refractivity contribution in [3.8, 4) is 0 Å². The Labute approximate surface area is 260 Å². The van der Waals surface area contributed by atoms with Crippen LogP contribution in [0.15, 0.2) is 0 Å². The van der Waals surface area contributed by atoms with Crippen molar-refractivity contribution in [2.45, 2.75) is 113 Å². The molecule has 7 fully saturated rings. The van der Waals surface area contributed by atoms with Crippen molar-refractivity contribution in [2.75, 3.05) is 52.9 Å². The first-order valence-electron chi connectivity index (χ1n) is 17.4. The van der Waals surface area contributed by atoms with Crippen LogP contribution in [0.5, 0.6) is 0 Å². The van der Waals surface area contributed by atoms with Crippen LogP contribution in [0.3, 0.4) is 0 Å². The molecular weight excluding hydrogens is 566 g/mol. The molecule has 0 aromatic heterocycles. The third kappa shape index (κ3) is 5.49. The van der Waals surface area contributed by atoms with Crippen LogP contribution < -0.4 is 27.4 Å². The Balaban J connectivity index is 1.00. The molecular formula is C32H54F2N8O2. The largest absolute Gasteiger partial charge is 0.350 e. The molecule has 12 heteroatoms. The number of nitrogens with one attached hydrogen (secondary N) is 3. The van der Waals surface area contributed by atoms with Gasteiger partial charge in [0.25, 0.3) is 0 Å². The fourth-order valence-corrected chi connectivity index (χ4v) is 10.8. The number of nitrogens with two attached hydrogens (primary N) is 2. The van der Waals surface area contributed by atoms with Crippen LogP contribution in [0.1, 0.15) is 64.2 Å². The lowest BCUT2D eigenvalue weighted by atomic mass is 9.71. The van der Waals surface area contributed by atoms with E-state index in [0.717, 1.165) is 58.0 Å². The molecule has 0 aromatic rings. The minimum absolute atomic E-state index is 0.0261. The molecule has 9 unspecified atom stereocenters. The van der Waals surface area contributed by atoms with Gasteiger partial charge in [0.05, 0.1) is 24.2 Å². The Morgan fingerprint density at radius 1 is 0.977 bits per heavy atom. The van der Waals surface area contributed by atoms with Crippen molar-refractivity contribution in [3.05, 3.63) is 0 Å². The molecule has 10 atom stereocenters. The number of likely N-dealkylation sites (tertiary alicyclic amines) is 3. The zero-order valence-electron chi connectivity index (χ0n) is 26.4. The molecule has 44 heavy (non-hydrogen) atoms. The zero-order valence-corrected chi connectivity index (χ0v) is 26.4. The van der Waals surface area contributed by atoms with Crippen molar-refractivity contribution in [1.82, 2.24) is 30.7 Å². The lowest BCUT2D eigenvalue weighted by Crippen LogP contribution is -2.68. The summed E-state index contributed by atoms with van der Waals surface area (Å²) < 4.78 is 30.7. The number of likely N-dealkylation sites (N-methyl/N-ethyl adjacent to an activating group) is 1. The van der Waals surface area contributed by atoms with Gasteiger partial charge in [0, 0.05) is 56.8 Å². The smallest absolute Gasteiger partial charge is 0.227 e. The van der Waals surface area contributed by atoms with E-state index in [-0.39, 0.29) is 47.7 Å². The minimum Gasteiger partial charge on any atom is -0.350 e.